The highest BCUT2D eigenvalue weighted by atomic mass is 15.0. The van der Waals surface area contributed by atoms with Gasteiger partial charge in [0.15, 0.2) is 0 Å². The van der Waals surface area contributed by atoms with E-state index in [0.29, 0.717) is 0 Å². The van der Waals surface area contributed by atoms with Crippen molar-refractivity contribution in [2.24, 2.45) is 0 Å². The maximum atomic E-state index is 5.61. The van der Waals surface area contributed by atoms with Crippen molar-refractivity contribution in [2.75, 3.05) is 0 Å². The number of rotatable bonds is 8. The summed E-state index contributed by atoms with van der Waals surface area (Å²) < 4.78 is 4.88. The van der Waals surface area contributed by atoms with E-state index in [1.54, 1.807) is 0 Å². The van der Waals surface area contributed by atoms with Crippen LogP contribution >= 0.6 is 0 Å². The standard InChI is InChI=1S/C59H43N3/c1-5-7-22-41(6-2)61-56-31-18-16-29-49(56)51-33-34-52-50-30-17-19-32-57(50)62(59(52)58(51)61)42-36-54(39(4)44-24-12-13-26-46(44)43-23-10-8-20-38(43)3)60-55(37-42)53-35-40-21-9-11-25-45(40)47-27-14-15-28-48(47)53/h5-37H,1,4H2,2-3H3/b22-7-,41-6+. The first-order valence-corrected chi connectivity index (χ1v) is 21.2. The Morgan fingerprint density at radius 2 is 1.16 bits per heavy atom. The minimum atomic E-state index is 0.817. The van der Waals surface area contributed by atoms with E-state index in [4.69, 9.17) is 11.6 Å². The van der Waals surface area contributed by atoms with Gasteiger partial charge in [0.05, 0.1) is 39.1 Å². The van der Waals surface area contributed by atoms with Crippen molar-refractivity contribution in [3.63, 3.8) is 0 Å². The van der Waals surface area contributed by atoms with Gasteiger partial charge < -0.3 is 9.13 Å². The molecule has 0 N–H and O–H groups in total. The van der Waals surface area contributed by atoms with Crippen molar-refractivity contribution in [3.05, 3.63) is 230 Å². The maximum Gasteiger partial charge on any atom is 0.0788 e. The van der Waals surface area contributed by atoms with Gasteiger partial charge in [-0.15, -0.1) is 0 Å². The van der Waals surface area contributed by atoms with Gasteiger partial charge in [0, 0.05) is 38.4 Å². The largest absolute Gasteiger partial charge is 0.308 e. The van der Waals surface area contributed by atoms with E-state index in [1.165, 1.54) is 48.8 Å². The number of aromatic nitrogens is 3. The lowest BCUT2D eigenvalue weighted by atomic mass is 9.91. The highest BCUT2D eigenvalue weighted by Crippen LogP contribution is 2.44. The summed E-state index contributed by atoms with van der Waals surface area (Å²) in [6, 6.07) is 63.5. The third-order valence-corrected chi connectivity index (χ3v) is 12.5. The zero-order valence-corrected chi connectivity index (χ0v) is 34.8. The summed E-state index contributed by atoms with van der Waals surface area (Å²) in [5.41, 5.74) is 14.8. The molecule has 0 spiro atoms. The quantitative estimate of drug-likeness (QED) is 0.111. The number of benzene rings is 8. The number of fused-ring (bicyclic) bond motifs is 10. The maximum absolute atomic E-state index is 5.61. The SMILES string of the molecule is C=C/C=C\C(=C/C)n1c2ccccc2c2ccc3c4ccccc4n(-c4cc(C(=C)c5ccccc5-c5ccccc5C)nc(-c5cc6ccccc6c6ccccc56)c4)c3c21. The monoisotopic (exact) mass is 793 g/mol. The highest BCUT2D eigenvalue weighted by molar-refractivity contribution is 6.24. The molecule has 0 saturated carbocycles. The van der Waals surface area contributed by atoms with Gasteiger partial charge in [-0.1, -0.05) is 177 Å². The van der Waals surface area contributed by atoms with Crippen LogP contribution < -0.4 is 0 Å². The fourth-order valence-electron chi connectivity index (χ4n) is 9.70. The number of pyridine rings is 1. The van der Waals surface area contributed by atoms with Crippen LogP contribution in [0.3, 0.4) is 0 Å². The smallest absolute Gasteiger partial charge is 0.0788 e. The predicted molar refractivity (Wildman–Crippen MR) is 266 cm³/mol. The molecule has 11 aromatic rings. The lowest BCUT2D eigenvalue weighted by Crippen LogP contribution is -2.03. The van der Waals surface area contributed by atoms with Gasteiger partial charge in [-0.2, -0.15) is 0 Å². The summed E-state index contributed by atoms with van der Waals surface area (Å²) in [4.78, 5) is 5.61. The molecule has 3 nitrogen and oxygen atoms in total. The average Bonchev–Trinajstić information content (AvgIpc) is 3.84. The summed E-state index contributed by atoms with van der Waals surface area (Å²) in [6.45, 7) is 13.1. The summed E-state index contributed by atoms with van der Waals surface area (Å²) in [7, 11) is 0. The van der Waals surface area contributed by atoms with Crippen molar-refractivity contribution < 1.29 is 0 Å². The summed E-state index contributed by atoms with van der Waals surface area (Å²) in [5.74, 6) is 0. The van der Waals surface area contributed by atoms with E-state index in [2.05, 4.69) is 218 Å². The van der Waals surface area contributed by atoms with Gasteiger partial charge >= 0.3 is 0 Å². The Bertz CT molecular complexity index is 3700. The summed E-state index contributed by atoms with van der Waals surface area (Å²) >= 11 is 0. The van der Waals surface area contributed by atoms with Crippen LogP contribution in [0.4, 0.5) is 0 Å². The Morgan fingerprint density at radius 1 is 0.548 bits per heavy atom. The lowest BCUT2D eigenvalue weighted by molar-refractivity contribution is 1.14. The normalized spacial score (nSPS) is 12.2. The van der Waals surface area contributed by atoms with Crippen molar-refractivity contribution in [2.45, 2.75) is 13.8 Å². The Kier molecular flexibility index (Phi) is 8.91. The summed E-state index contributed by atoms with van der Waals surface area (Å²) in [6.07, 6.45) is 8.18. The van der Waals surface area contributed by atoms with Crippen LogP contribution in [0.25, 0.3) is 104 Å². The molecule has 0 unspecified atom stereocenters. The molecule has 0 radical (unpaired) electrons. The van der Waals surface area contributed by atoms with Crippen LogP contribution in [0.15, 0.2) is 213 Å². The third kappa shape index (κ3) is 5.78. The van der Waals surface area contributed by atoms with Gasteiger partial charge in [0.25, 0.3) is 0 Å². The number of hydrogen-bond donors (Lipinski definition) is 0. The van der Waals surface area contributed by atoms with Crippen LogP contribution in [-0.2, 0) is 0 Å². The molecular weight excluding hydrogens is 751 g/mol. The molecule has 0 saturated heterocycles. The molecule has 0 atom stereocenters. The highest BCUT2D eigenvalue weighted by Gasteiger charge is 2.23. The van der Waals surface area contributed by atoms with Gasteiger partial charge in [-0.3, -0.25) is 0 Å². The second kappa shape index (κ2) is 14.9. The Morgan fingerprint density at radius 3 is 1.92 bits per heavy atom. The summed E-state index contributed by atoms with van der Waals surface area (Å²) in [5, 5.41) is 9.51. The molecular formula is C59H43N3. The van der Waals surface area contributed by atoms with Crippen LogP contribution in [0, 0.1) is 6.92 Å². The average molecular weight is 794 g/mol. The topological polar surface area (TPSA) is 22.8 Å². The van der Waals surface area contributed by atoms with E-state index < -0.39 is 0 Å². The van der Waals surface area contributed by atoms with Crippen molar-refractivity contribution in [3.8, 4) is 28.1 Å². The molecule has 0 amide bonds. The van der Waals surface area contributed by atoms with Crippen molar-refractivity contribution >= 4 is 76.4 Å². The van der Waals surface area contributed by atoms with Gasteiger partial charge in [0.2, 0.25) is 0 Å². The van der Waals surface area contributed by atoms with E-state index in [0.717, 1.165) is 72.5 Å². The molecule has 0 fully saturated rings. The Labute approximate surface area is 361 Å². The fourth-order valence-corrected chi connectivity index (χ4v) is 9.70. The van der Waals surface area contributed by atoms with E-state index in [-0.39, 0.29) is 0 Å². The number of para-hydroxylation sites is 2. The van der Waals surface area contributed by atoms with Crippen LogP contribution in [0.1, 0.15) is 23.7 Å². The molecule has 0 aliphatic rings. The second-order valence-corrected chi connectivity index (χ2v) is 16.0. The lowest BCUT2D eigenvalue weighted by Gasteiger charge is -2.18. The van der Waals surface area contributed by atoms with Crippen molar-refractivity contribution in [1.29, 1.82) is 0 Å². The van der Waals surface area contributed by atoms with E-state index in [1.807, 2.05) is 12.2 Å². The number of nitrogens with zero attached hydrogens (tertiary/aromatic N) is 3. The molecule has 3 heterocycles. The zero-order chi connectivity index (χ0) is 41.9. The van der Waals surface area contributed by atoms with Crippen LogP contribution in [0.2, 0.25) is 0 Å². The molecule has 3 aromatic heterocycles. The second-order valence-electron chi connectivity index (χ2n) is 16.0. The van der Waals surface area contributed by atoms with Crippen molar-refractivity contribution in [1.82, 2.24) is 14.1 Å². The first-order chi connectivity index (χ1) is 30.5. The fraction of sp³-hybridized carbons (Fsp3) is 0.0339. The number of aryl methyl sites for hydroxylation is 1. The molecule has 62 heavy (non-hydrogen) atoms. The molecule has 294 valence electrons. The van der Waals surface area contributed by atoms with Gasteiger partial charge in [-0.25, -0.2) is 4.98 Å². The van der Waals surface area contributed by atoms with Crippen LogP contribution in [0.5, 0.6) is 0 Å². The molecule has 0 aliphatic heterocycles. The van der Waals surface area contributed by atoms with Crippen LogP contribution in [-0.4, -0.2) is 14.1 Å². The number of allylic oxidation sites excluding steroid dienone is 5. The molecule has 3 heteroatoms. The Hall–Kier alpha value is -8.01. The minimum absolute atomic E-state index is 0.817. The molecule has 0 bridgehead atoms. The Balaban J connectivity index is 1.28. The molecule has 0 aliphatic carbocycles. The predicted octanol–water partition coefficient (Wildman–Crippen LogP) is 15.9. The number of hydrogen-bond acceptors (Lipinski definition) is 1. The first kappa shape index (κ1) is 37.0. The minimum Gasteiger partial charge on any atom is -0.308 e. The van der Waals surface area contributed by atoms with E-state index >= 15 is 0 Å². The molecule has 8 aromatic carbocycles. The third-order valence-electron chi connectivity index (χ3n) is 12.5. The van der Waals surface area contributed by atoms with Gasteiger partial charge in [-0.05, 0) is 94.1 Å². The first-order valence-electron chi connectivity index (χ1n) is 21.2. The van der Waals surface area contributed by atoms with E-state index in [9.17, 15) is 0 Å². The van der Waals surface area contributed by atoms with Gasteiger partial charge in [0.1, 0.15) is 0 Å². The molecule has 11 rings (SSSR count). The zero-order valence-electron chi connectivity index (χ0n) is 34.8.